The lowest BCUT2D eigenvalue weighted by molar-refractivity contribution is -0.116. The molecule has 122 valence electrons. The van der Waals surface area contributed by atoms with E-state index in [1.54, 1.807) is 25.2 Å². The van der Waals surface area contributed by atoms with Crippen molar-refractivity contribution in [3.8, 4) is 11.4 Å². The number of aromatic amines is 1. The van der Waals surface area contributed by atoms with Crippen molar-refractivity contribution in [2.24, 2.45) is 7.05 Å². The quantitative estimate of drug-likeness (QED) is 0.656. The lowest BCUT2D eigenvalue weighted by Gasteiger charge is -2.08. The van der Waals surface area contributed by atoms with E-state index in [0.717, 1.165) is 10.1 Å². The van der Waals surface area contributed by atoms with Crippen molar-refractivity contribution in [3.05, 3.63) is 57.4 Å². The monoisotopic (exact) mass is 327 g/mol. The number of carbonyl (C=O) groups is 1. The Morgan fingerprint density at radius 1 is 1.29 bits per heavy atom. The predicted octanol–water partition coefficient (Wildman–Crippen LogP) is -0.634. The van der Waals surface area contributed by atoms with Crippen LogP contribution in [-0.4, -0.2) is 35.7 Å². The minimum absolute atomic E-state index is 0.217. The number of anilines is 1. The van der Waals surface area contributed by atoms with Gasteiger partial charge in [0.05, 0.1) is 0 Å². The van der Waals surface area contributed by atoms with Gasteiger partial charge < -0.3 is 5.32 Å². The number of benzene rings is 1. The minimum Gasteiger partial charge on any atom is -0.325 e. The second kappa shape index (κ2) is 6.28. The van der Waals surface area contributed by atoms with E-state index in [0.29, 0.717) is 11.5 Å². The lowest BCUT2D eigenvalue weighted by Crippen LogP contribution is -2.32. The number of nitrogens with zero attached hydrogens (tertiary/aromatic N) is 5. The predicted molar refractivity (Wildman–Crippen MR) is 84.2 cm³/mol. The summed E-state index contributed by atoms with van der Waals surface area (Å²) in [5.74, 6) is 0.153. The summed E-state index contributed by atoms with van der Waals surface area (Å²) in [4.78, 5) is 36.8. The van der Waals surface area contributed by atoms with Crippen molar-refractivity contribution in [2.45, 2.75) is 6.54 Å². The Kier molecular flexibility index (Phi) is 4.01. The van der Waals surface area contributed by atoms with Crippen LogP contribution >= 0.6 is 0 Å². The number of rotatable bonds is 4. The van der Waals surface area contributed by atoms with Gasteiger partial charge in [-0.3, -0.25) is 19.1 Å². The molecule has 1 amide bonds. The van der Waals surface area contributed by atoms with Crippen LogP contribution in [0.2, 0.25) is 0 Å². The third-order valence-corrected chi connectivity index (χ3v) is 3.24. The number of H-pyrrole nitrogens is 1. The van der Waals surface area contributed by atoms with Gasteiger partial charge in [-0.15, -0.1) is 5.10 Å². The molecule has 0 atom stereocenters. The molecule has 0 radical (unpaired) electrons. The summed E-state index contributed by atoms with van der Waals surface area (Å²) in [7, 11) is 1.71. The molecule has 10 nitrogen and oxygen atoms in total. The zero-order valence-electron chi connectivity index (χ0n) is 12.6. The van der Waals surface area contributed by atoms with Crippen LogP contribution < -0.4 is 16.6 Å². The molecule has 0 unspecified atom stereocenters. The highest BCUT2D eigenvalue weighted by molar-refractivity contribution is 5.91. The maximum Gasteiger partial charge on any atom is 0.328 e. The summed E-state index contributed by atoms with van der Waals surface area (Å²) in [6, 6.07) is 8.18. The Morgan fingerprint density at radius 3 is 2.83 bits per heavy atom. The van der Waals surface area contributed by atoms with Crippen molar-refractivity contribution in [1.29, 1.82) is 0 Å². The fourth-order valence-electron chi connectivity index (χ4n) is 2.13. The number of nitrogens with one attached hydrogen (secondary N) is 2. The largest absolute Gasteiger partial charge is 0.328 e. The van der Waals surface area contributed by atoms with Gasteiger partial charge in [-0.1, -0.05) is 12.1 Å². The maximum atomic E-state index is 12.1. The first kappa shape index (κ1) is 15.3. The molecule has 2 aromatic heterocycles. The van der Waals surface area contributed by atoms with Gasteiger partial charge in [-0.05, 0) is 22.6 Å². The van der Waals surface area contributed by atoms with Gasteiger partial charge in [-0.25, -0.2) is 9.48 Å². The molecule has 3 rings (SSSR count). The topological polar surface area (TPSA) is 128 Å². The standard InChI is InChI=1S/C14H13N7O3/c1-20-13(17-18-19-20)9-3-2-4-10(7-9)15-12(23)8-21-6-5-11(22)16-14(21)24/h2-7H,8H2,1H3,(H,15,23)(H,16,22,24). The number of hydrogen-bond donors (Lipinski definition) is 2. The lowest BCUT2D eigenvalue weighted by atomic mass is 10.2. The van der Waals surface area contributed by atoms with E-state index in [9.17, 15) is 14.4 Å². The summed E-state index contributed by atoms with van der Waals surface area (Å²) in [5, 5.41) is 13.9. The highest BCUT2D eigenvalue weighted by Crippen LogP contribution is 2.19. The van der Waals surface area contributed by atoms with Gasteiger partial charge >= 0.3 is 5.69 Å². The van der Waals surface area contributed by atoms with Crippen LogP contribution in [0.1, 0.15) is 0 Å². The summed E-state index contributed by atoms with van der Waals surface area (Å²) in [6.45, 7) is -0.217. The molecule has 24 heavy (non-hydrogen) atoms. The van der Waals surface area contributed by atoms with Crippen LogP contribution in [0.4, 0.5) is 5.69 Å². The molecule has 2 N–H and O–H groups in total. The maximum absolute atomic E-state index is 12.1. The van der Waals surface area contributed by atoms with Crippen molar-refractivity contribution in [1.82, 2.24) is 29.8 Å². The Hall–Kier alpha value is -3.56. The van der Waals surface area contributed by atoms with E-state index in [1.165, 1.54) is 16.9 Å². The van der Waals surface area contributed by atoms with Crippen LogP contribution in [0, 0.1) is 0 Å². The van der Waals surface area contributed by atoms with Gasteiger partial charge in [-0.2, -0.15) is 0 Å². The summed E-state index contributed by atoms with van der Waals surface area (Å²) in [6.07, 6.45) is 1.27. The number of tetrazole rings is 1. The summed E-state index contributed by atoms with van der Waals surface area (Å²) >= 11 is 0. The molecular weight excluding hydrogens is 314 g/mol. The van der Waals surface area contributed by atoms with E-state index in [2.05, 4.69) is 25.8 Å². The first-order chi connectivity index (χ1) is 11.5. The zero-order valence-corrected chi connectivity index (χ0v) is 12.6. The second-order valence-corrected chi connectivity index (χ2v) is 4.99. The first-order valence-electron chi connectivity index (χ1n) is 6.95. The second-order valence-electron chi connectivity index (χ2n) is 4.99. The van der Waals surface area contributed by atoms with Crippen LogP contribution in [0.5, 0.6) is 0 Å². The molecule has 0 saturated heterocycles. The van der Waals surface area contributed by atoms with Crippen LogP contribution in [0.25, 0.3) is 11.4 Å². The SMILES string of the molecule is Cn1nnnc1-c1cccc(NC(=O)Cn2ccc(=O)[nH]c2=O)c1. The molecule has 3 aromatic rings. The molecule has 0 fully saturated rings. The van der Waals surface area contributed by atoms with Crippen LogP contribution in [0.15, 0.2) is 46.1 Å². The van der Waals surface area contributed by atoms with Gasteiger partial charge in [0.2, 0.25) is 5.91 Å². The summed E-state index contributed by atoms with van der Waals surface area (Å²) < 4.78 is 2.62. The molecule has 0 aliphatic rings. The number of hydrogen-bond acceptors (Lipinski definition) is 6. The Balaban J connectivity index is 1.76. The number of carbonyl (C=O) groups excluding carboxylic acids is 1. The Bertz CT molecular complexity index is 1000. The van der Waals surface area contributed by atoms with Crippen molar-refractivity contribution in [3.63, 3.8) is 0 Å². The average molecular weight is 327 g/mol. The molecule has 10 heteroatoms. The first-order valence-corrected chi connectivity index (χ1v) is 6.95. The van der Waals surface area contributed by atoms with Crippen molar-refractivity contribution in [2.75, 3.05) is 5.32 Å². The van der Waals surface area contributed by atoms with E-state index in [1.807, 2.05) is 6.07 Å². The Labute approximate surface area is 134 Å². The molecular formula is C14H13N7O3. The fourth-order valence-corrected chi connectivity index (χ4v) is 2.13. The average Bonchev–Trinajstić information content (AvgIpc) is 2.96. The highest BCUT2D eigenvalue weighted by Gasteiger charge is 2.09. The van der Waals surface area contributed by atoms with Gasteiger partial charge in [0.15, 0.2) is 5.82 Å². The van der Waals surface area contributed by atoms with E-state index in [4.69, 9.17) is 0 Å². The van der Waals surface area contributed by atoms with E-state index >= 15 is 0 Å². The summed E-state index contributed by atoms with van der Waals surface area (Å²) in [5.41, 5.74) is 0.123. The van der Waals surface area contributed by atoms with Gasteiger partial charge in [0, 0.05) is 30.6 Å². The fraction of sp³-hybridized carbons (Fsp3) is 0.143. The number of aryl methyl sites for hydroxylation is 1. The third-order valence-electron chi connectivity index (χ3n) is 3.24. The zero-order chi connectivity index (χ0) is 17.1. The molecule has 0 aliphatic heterocycles. The highest BCUT2D eigenvalue weighted by atomic mass is 16.2. The number of aromatic nitrogens is 6. The molecule has 2 heterocycles. The van der Waals surface area contributed by atoms with Crippen LogP contribution in [-0.2, 0) is 18.4 Å². The van der Waals surface area contributed by atoms with E-state index in [-0.39, 0.29) is 6.54 Å². The Morgan fingerprint density at radius 2 is 2.12 bits per heavy atom. The molecule has 0 saturated carbocycles. The van der Waals surface area contributed by atoms with Gasteiger partial charge in [0.1, 0.15) is 6.54 Å². The van der Waals surface area contributed by atoms with Crippen molar-refractivity contribution < 1.29 is 4.79 Å². The van der Waals surface area contributed by atoms with Crippen molar-refractivity contribution >= 4 is 11.6 Å². The molecule has 0 bridgehead atoms. The van der Waals surface area contributed by atoms with E-state index < -0.39 is 17.2 Å². The molecule has 0 aliphatic carbocycles. The minimum atomic E-state index is -0.642. The number of amides is 1. The van der Waals surface area contributed by atoms with Gasteiger partial charge in [0.25, 0.3) is 5.56 Å². The third kappa shape index (κ3) is 3.27. The smallest absolute Gasteiger partial charge is 0.325 e. The molecule has 1 aromatic carbocycles. The normalized spacial score (nSPS) is 10.5. The molecule has 0 spiro atoms. The van der Waals surface area contributed by atoms with Crippen LogP contribution in [0.3, 0.4) is 0 Å².